The van der Waals surface area contributed by atoms with Crippen molar-refractivity contribution in [1.82, 2.24) is 14.6 Å². The van der Waals surface area contributed by atoms with Crippen molar-refractivity contribution in [3.8, 4) is 11.5 Å². The summed E-state index contributed by atoms with van der Waals surface area (Å²) in [5.74, 6) is -0.374. The van der Waals surface area contributed by atoms with Crippen LogP contribution in [0.4, 0.5) is 5.69 Å². The number of benzene rings is 2. The lowest BCUT2D eigenvalue weighted by Gasteiger charge is -2.39. The molecule has 8 nitrogen and oxygen atoms in total. The number of pyridine rings is 1. The van der Waals surface area contributed by atoms with Gasteiger partial charge in [-0.05, 0) is 67.0 Å². The maximum atomic E-state index is 12.0. The van der Waals surface area contributed by atoms with Crippen LogP contribution in [-0.2, 0) is 0 Å². The van der Waals surface area contributed by atoms with Crippen LogP contribution in [0.15, 0.2) is 72.6 Å². The minimum absolute atomic E-state index is 0.0907. The third kappa shape index (κ3) is 6.91. The first kappa shape index (κ1) is 31.1. The molecule has 3 heterocycles. The predicted octanol–water partition coefficient (Wildman–Crippen LogP) is 7.88. The Kier molecular flexibility index (Phi) is 9.30. The molecule has 2 aliphatic rings. The molecule has 6 rings (SSSR count). The lowest BCUT2D eigenvalue weighted by atomic mass is 9.72. The van der Waals surface area contributed by atoms with Crippen molar-refractivity contribution in [3.63, 3.8) is 0 Å². The van der Waals surface area contributed by atoms with E-state index in [0.29, 0.717) is 22.2 Å². The molecular formula is C36H44N4O4. The maximum Gasteiger partial charge on any atom is 0.339 e. The van der Waals surface area contributed by atoms with Crippen LogP contribution in [0.1, 0.15) is 68.4 Å². The summed E-state index contributed by atoms with van der Waals surface area (Å²) in [6.45, 7) is 15.5. The van der Waals surface area contributed by atoms with E-state index in [1.165, 1.54) is 35.5 Å². The summed E-state index contributed by atoms with van der Waals surface area (Å²) < 4.78 is 6.98. The van der Waals surface area contributed by atoms with Crippen LogP contribution in [0.3, 0.4) is 0 Å². The van der Waals surface area contributed by atoms with Crippen molar-refractivity contribution in [2.45, 2.75) is 53.9 Å². The van der Waals surface area contributed by atoms with E-state index in [9.17, 15) is 15.1 Å². The molecule has 1 fully saturated rings. The molecule has 2 aromatic carbocycles. The fourth-order valence-electron chi connectivity index (χ4n) is 6.14. The van der Waals surface area contributed by atoms with Crippen LogP contribution >= 0.6 is 0 Å². The molecule has 1 saturated heterocycles. The summed E-state index contributed by atoms with van der Waals surface area (Å²) in [5, 5.41) is 20.3. The average Bonchev–Trinajstić information content (AvgIpc) is 3.39. The van der Waals surface area contributed by atoms with E-state index in [2.05, 4.69) is 59.8 Å². The highest BCUT2D eigenvalue weighted by atomic mass is 16.5. The molecule has 8 heteroatoms. The number of aryl methyl sites for hydroxylation is 1. The molecule has 0 unspecified atom stereocenters. The molecule has 0 spiro atoms. The number of piperazine rings is 1. The number of hydrogen-bond acceptors (Lipinski definition) is 6. The zero-order valence-corrected chi connectivity index (χ0v) is 26.5. The van der Waals surface area contributed by atoms with Crippen molar-refractivity contribution in [2.24, 2.45) is 5.41 Å². The number of carbonyl (C=O) groups is 1. The van der Waals surface area contributed by atoms with Crippen molar-refractivity contribution in [3.05, 3.63) is 89.3 Å². The average molecular weight is 597 g/mol. The number of carboxylic acids is 1. The zero-order chi connectivity index (χ0) is 31.4. The van der Waals surface area contributed by atoms with Gasteiger partial charge in [0.05, 0.1) is 6.20 Å². The first-order chi connectivity index (χ1) is 21.1. The van der Waals surface area contributed by atoms with Gasteiger partial charge in [-0.25, -0.2) is 9.78 Å². The van der Waals surface area contributed by atoms with Crippen LogP contribution in [0.2, 0.25) is 0 Å². The second-order valence-electron chi connectivity index (χ2n) is 12.4. The predicted molar refractivity (Wildman–Crippen MR) is 176 cm³/mol. The first-order valence-electron chi connectivity index (χ1n) is 15.6. The van der Waals surface area contributed by atoms with Crippen molar-refractivity contribution in [1.29, 1.82) is 0 Å². The number of rotatable bonds is 7. The van der Waals surface area contributed by atoms with Crippen molar-refractivity contribution >= 4 is 28.3 Å². The number of nitrogens with zero attached hydrogens (tertiary/aromatic N) is 4. The quantitative estimate of drug-likeness (QED) is 0.210. The SMILES string of the molecule is CC.Cc1ccc(C2=C(CN3CCN(c4ccc(C(=O)O)c(Oc5cnc6c(ccn6O)c5)c4)CC3)CCC(C)(C)C2)cc1. The van der Waals surface area contributed by atoms with Crippen LogP contribution in [-0.4, -0.2) is 63.6 Å². The van der Waals surface area contributed by atoms with Crippen LogP contribution in [0.5, 0.6) is 11.5 Å². The van der Waals surface area contributed by atoms with Crippen molar-refractivity contribution < 1.29 is 19.8 Å². The minimum Gasteiger partial charge on any atom is -0.478 e. The summed E-state index contributed by atoms with van der Waals surface area (Å²) in [5.41, 5.74) is 7.48. The fraction of sp³-hybridized carbons (Fsp3) is 0.389. The summed E-state index contributed by atoms with van der Waals surface area (Å²) >= 11 is 0. The van der Waals surface area contributed by atoms with Crippen LogP contribution in [0.25, 0.3) is 16.6 Å². The highest BCUT2D eigenvalue weighted by molar-refractivity contribution is 5.92. The fourth-order valence-corrected chi connectivity index (χ4v) is 6.14. The van der Waals surface area contributed by atoms with Gasteiger partial charge in [0, 0.05) is 56.1 Å². The van der Waals surface area contributed by atoms with Crippen molar-refractivity contribution in [2.75, 3.05) is 37.6 Å². The molecule has 4 aromatic rings. The van der Waals surface area contributed by atoms with E-state index in [1.54, 1.807) is 23.8 Å². The number of allylic oxidation sites excluding steroid dienone is 1. The third-order valence-corrected chi connectivity index (χ3v) is 8.64. The second-order valence-corrected chi connectivity index (χ2v) is 12.4. The Morgan fingerprint density at radius 1 is 1.00 bits per heavy atom. The molecule has 2 N–H and O–H groups in total. The van der Waals surface area contributed by atoms with Gasteiger partial charge < -0.3 is 20.0 Å². The molecule has 1 aliphatic carbocycles. The van der Waals surface area contributed by atoms with Gasteiger partial charge in [0.2, 0.25) is 0 Å². The summed E-state index contributed by atoms with van der Waals surface area (Å²) in [7, 11) is 0. The second kappa shape index (κ2) is 13.1. The normalized spacial score (nSPS) is 16.9. The van der Waals surface area contributed by atoms with Gasteiger partial charge in [0.1, 0.15) is 17.1 Å². The molecular weight excluding hydrogens is 552 g/mol. The van der Waals surface area contributed by atoms with E-state index < -0.39 is 5.97 Å². The number of ether oxygens (including phenoxy) is 1. The Balaban J connectivity index is 0.00000188. The van der Waals surface area contributed by atoms with Crippen LogP contribution in [0, 0.1) is 12.3 Å². The number of carboxylic acid groups (broad SMARTS) is 1. The maximum absolute atomic E-state index is 12.0. The highest BCUT2D eigenvalue weighted by Crippen LogP contribution is 2.43. The van der Waals surface area contributed by atoms with Gasteiger partial charge >= 0.3 is 5.97 Å². The molecule has 0 saturated carbocycles. The van der Waals surface area contributed by atoms with E-state index in [-0.39, 0.29) is 11.3 Å². The Labute approximate surface area is 260 Å². The zero-order valence-electron chi connectivity index (χ0n) is 26.5. The van der Waals surface area contributed by atoms with E-state index in [0.717, 1.165) is 56.0 Å². The minimum atomic E-state index is -1.05. The van der Waals surface area contributed by atoms with Gasteiger partial charge in [-0.2, -0.15) is 4.73 Å². The third-order valence-electron chi connectivity index (χ3n) is 8.64. The number of hydrogen-bond donors (Lipinski definition) is 2. The highest BCUT2D eigenvalue weighted by Gasteiger charge is 2.29. The van der Waals surface area contributed by atoms with Gasteiger partial charge in [-0.1, -0.05) is 63.1 Å². The van der Waals surface area contributed by atoms with E-state index >= 15 is 0 Å². The Morgan fingerprint density at radius 3 is 2.43 bits per heavy atom. The standard InChI is InChI=1S/C34H38N4O4.C2H6/c1-23-4-6-24(7-5-23)30-20-34(2,3)12-10-26(30)22-36-14-16-37(17-15-36)27-8-9-29(33(39)40)31(19-27)42-28-18-25-11-13-38(41)32(25)35-21-28;1-2/h4-9,11,13,18-19,21,41H,10,12,14-17,20,22H2,1-3H3,(H,39,40);1-2H3. The summed E-state index contributed by atoms with van der Waals surface area (Å²) in [6.07, 6.45) is 6.44. The smallest absolute Gasteiger partial charge is 0.339 e. The molecule has 2 aromatic heterocycles. The molecule has 44 heavy (non-hydrogen) atoms. The Bertz CT molecular complexity index is 1650. The molecule has 1 aliphatic heterocycles. The van der Waals surface area contributed by atoms with Gasteiger partial charge in [-0.3, -0.25) is 4.90 Å². The van der Waals surface area contributed by atoms with Crippen LogP contribution < -0.4 is 9.64 Å². The molecule has 0 atom stereocenters. The Hall–Kier alpha value is -4.30. The number of aromatic nitrogens is 2. The number of aromatic carboxylic acids is 1. The molecule has 0 bridgehead atoms. The largest absolute Gasteiger partial charge is 0.478 e. The lowest BCUT2D eigenvalue weighted by molar-refractivity contribution is 0.0694. The molecule has 232 valence electrons. The number of anilines is 1. The van der Waals surface area contributed by atoms with Gasteiger partial charge in [-0.15, -0.1) is 0 Å². The molecule has 0 amide bonds. The van der Waals surface area contributed by atoms with Gasteiger partial charge in [0.25, 0.3) is 0 Å². The lowest BCUT2D eigenvalue weighted by Crippen LogP contribution is -2.47. The summed E-state index contributed by atoms with van der Waals surface area (Å²) in [6, 6.07) is 17.7. The topological polar surface area (TPSA) is 91.1 Å². The number of fused-ring (bicyclic) bond motifs is 1. The van der Waals surface area contributed by atoms with E-state index in [4.69, 9.17) is 4.74 Å². The Morgan fingerprint density at radius 2 is 1.73 bits per heavy atom. The summed E-state index contributed by atoms with van der Waals surface area (Å²) in [4.78, 5) is 21.1. The van der Waals surface area contributed by atoms with E-state index in [1.807, 2.05) is 26.0 Å². The first-order valence-corrected chi connectivity index (χ1v) is 15.6. The molecule has 0 radical (unpaired) electrons. The monoisotopic (exact) mass is 596 g/mol. The van der Waals surface area contributed by atoms with Gasteiger partial charge in [0.15, 0.2) is 5.65 Å².